The van der Waals surface area contributed by atoms with Gasteiger partial charge in [-0.15, -0.1) is 5.10 Å². The lowest BCUT2D eigenvalue weighted by molar-refractivity contribution is 0.0950. The topological polar surface area (TPSA) is 106 Å². The normalized spacial score (nSPS) is 17.8. The number of amides is 1. The molecule has 0 aliphatic carbocycles. The van der Waals surface area contributed by atoms with Crippen molar-refractivity contribution >= 4 is 15.9 Å². The summed E-state index contributed by atoms with van der Waals surface area (Å²) >= 11 is 0. The van der Waals surface area contributed by atoms with Gasteiger partial charge in [0.05, 0.1) is 18.6 Å². The van der Waals surface area contributed by atoms with Gasteiger partial charge in [0.1, 0.15) is 11.4 Å². The molecule has 1 fully saturated rings. The molecule has 9 nitrogen and oxygen atoms in total. The highest BCUT2D eigenvalue weighted by atomic mass is 32.2. The van der Waals surface area contributed by atoms with E-state index < -0.39 is 15.9 Å². The molecule has 1 atom stereocenters. The Balaban J connectivity index is 1.65. The largest absolute Gasteiger partial charge is 0.494 e. The maximum atomic E-state index is 12.6. The van der Waals surface area contributed by atoms with E-state index in [4.69, 9.17) is 4.74 Å². The molecule has 29 heavy (non-hydrogen) atoms. The molecule has 1 saturated heterocycles. The highest BCUT2D eigenvalue weighted by Gasteiger charge is 2.29. The van der Waals surface area contributed by atoms with Crippen molar-refractivity contribution in [2.45, 2.75) is 39.2 Å². The first-order valence-corrected chi connectivity index (χ1v) is 11.3. The molecule has 0 bridgehead atoms. The number of carbonyl (C=O) groups is 1. The minimum Gasteiger partial charge on any atom is -0.494 e. The minimum absolute atomic E-state index is 0.00690. The summed E-state index contributed by atoms with van der Waals surface area (Å²) in [5.41, 5.74) is 1.36. The minimum atomic E-state index is -3.41. The first-order chi connectivity index (χ1) is 13.8. The Kier molecular flexibility index (Phi) is 6.53. The van der Waals surface area contributed by atoms with Crippen LogP contribution in [0.15, 0.2) is 24.3 Å². The summed E-state index contributed by atoms with van der Waals surface area (Å²) in [6.45, 7) is 4.22. The predicted molar refractivity (Wildman–Crippen MR) is 109 cm³/mol. The number of hydrogen-bond acceptors (Lipinski definition) is 6. The van der Waals surface area contributed by atoms with E-state index >= 15 is 0 Å². The third kappa shape index (κ3) is 4.59. The molecule has 1 aliphatic heterocycles. The highest BCUT2D eigenvalue weighted by Crippen LogP contribution is 2.23. The fourth-order valence-electron chi connectivity index (χ4n) is 3.55. The van der Waals surface area contributed by atoms with E-state index in [-0.39, 0.29) is 24.0 Å². The van der Waals surface area contributed by atoms with Crippen molar-refractivity contribution in [3.05, 3.63) is 35.7 Å². The molecule has 10 heteroatoms. The molecule has 0 saturated carbocycles. The smallest absolute Gasteiger partial charge is 0.273 e. The van der Waals surface area contributed by atoms with Gasteiger partial charge in [0.15, 0.2) is 5.69 Å². The molecule has 2 heterocycles. The molecular formula is C19H27N5O4S. The van der Waals surface area contributed by atoms with Crippen molar-refractivity contribution in [3.8, 4) is 11.4 Å². The number of benzene rings is 1. The maximum Gasteiger partial charge on any atom is 0.273 e. The van der Waals surface area contributed by atoms with E-state index in [0.29, 0.717) is 23.7 Å². The van der Waals surface area contributed by atoms with E-state index in [9.17, 15) is 13.2 Å². The summed E-state index contributed by atoms with van der Waals surface area (Å²) < 4.78 is 33.5. The van der Waals surface area contributed by atoms with Crippen molar-refractivity contribution in [2.75, 3.05) is 26.0 Å². The molecule has 0 unspecified atom stereocenters. The number of nitrogens with one attached hydrogen (secondary N) is 1. The molecule has 1 aromatic heterocycles. The van der Waals surface area contributed by atoms with E-state index in [0.717, 1.165) is 19.3 Å². The standard InChI is InChI=1S/C19H27N5O4S/c1-14-8-6-7-12-23(14)29(26,27)13-11-20-19(25)18-15(2)24(22-21-18)16-9-4-5-10-17(16)28-3/h4-5,9-10,14H,6-8,11-13H2,1-3H3,(H,20,25)/t14-/m0/s1. The molecule has 158 valence electrons. The fourth-order valence-corrected chi connectivity index (χ4v) is 5.21. The lowest BCUT2D eigenvalue weighted by Gasteiger charge is -2.32. The second-order valence-corrected chi connectivity index (χ2v) is 9.18. The van der Waals surface area contributed by atoms with Gasteiger partial charge in [-0.3, -0.25) is 4.79 Å². The number of para-hydroxylation sites is 2. The van der Waals surface area contributed by atoms with E-state index in [1.807, 2.05) is 25.1 Å². The van der Waals surface area contributed by atoms with Crippen molar-refractivity contribution in [1.29, 1.82) is 0 Å². The Morgan fingerprint density at radius 1 is 1.31 bits per heavy atom. The SMILES string of the molecule is COc1ccccc1-n1nnc(C(=O)NCCS(=O)(=O)N2CCCC[C@@H]2C)c1C. The Hall–Kier alpha value is -2.46. The Morgan fingerprint density at radius 3 is 2.79 bits per heavy atom. The first kappa shape index (κ1) is 21.3. The predicted octanol–water partition coefficient (Wildman–Crippen LogP) is 1.52. The number of nitrogens with zero attached hydrogens (tertiary/aromatic N) is 4. The summed E-state index contributed by atoms with van der Waals surface area (Å²) in [5.74, 6) is 0.0164. The van der Waals surface area contributed by atoms with Crippen LogP contribution in [0.3, 0.4) is 0 Å². The summed E-state index contributed by atoms with van der Waals surface area (Å²) in [6.07, 6.45) is 2.79. The number of methoxy groups -OCH3 is 1. The zero-order chi connectivity index (χ0) is 21.0. The van der Waals surface area contributed by atoms with Crippen molar-refractivity contribution in [2.24, 2.45) is 0 Å². The summed E-state index contributed by atoms with van der Waals surface area (Å²) in [7, 11) is -1.85. The fraction of sp³-hybridized carbons (Fsp3) is 0.526. The zero-order valence-corrected chi connectivity index (χ0v) is 17.8. The average molecular weight is 422 g/mol. The van der Waals surface area contributed by atoms with Crippen LogP contribution in [0.1, 0.15) is 42.4 Å². The second kappa shape index (κ2) is 8.91. The Bertz CT molecular complexity index is 973. The number of hydrogen-bond donors (Lipinski definition) is 1. The molecule has 3 rings (SSSR count). The number of aromatic nitrogens is 3. The van der Waals surface area contributed by atoms with Crippen molar-refractivity contribution in [3.63, 3.8) is 0 Å². The quantitative estimate of drug-likeness (QED) is 0.726. The Labute approximate surface area is 171 Å². The molecule has 0 spiro atoms. The van der Waals surface area contributed by atoms with Crippen LogP contribution in [-0.2, 0) is 10.0 Å². The number of sulfonamides is 1. The van der Waals surface area contributed by atoms with Crippen LogP contribution in [0.4, 0.5) is 0 Å². The van der Waals surface area contributed by atoms with Gasteiger partial charge in [-0.2, -0.15) is 4.31 Å². The van der Waals surface area contributed by atoms with Crippen LogP contribution in [0.2, 0.25) is 0 Å². The molecule has 1 amide bonds. The van der Waals surface area contributed by atoms with Gasteiger partial charge < -0.3 is 10.1 Å². The van der Waals surface area contributed by atoms with Gasteiger partial charge in [-0.25, -0.2) is 13.1 Å². The van der Waals surface area contributed by atoms with Crippen LogP contribution in [-0.4, -0.2) is 65.6 Å². The van der Waals surface area contributed by atoms with E-state index in [1.165, 1.54) is 4.68 Å². The summed E-state index contributed by atoms with van der Waals surface area (Å²) in [5, 5.41) is 10.7. The van der Waals surface area contributed by atoms with Gasteiger partial charge in [-0.1, -0.05) is 23.8 Å². The third-order valence-corrected chi connectivity index (χ3v) is 7.14. The lowest BCUT2D eigenvalue weighted by Crippen LogP contribution is -2.45. The van der Waals surface area contributed by atoms with Gasteiger partial charge in [0.25, 0.3) is 5.91 Å². The van der Waals surface area contributed by atoms with Gasteiger partial charge in [0.2, 0.25) is 10.0 Å². The molecule has 2 aromatic rings. The summed E-state index contributed by atoms with van der Waals surface area (Å²) in [4.78, 5) is 12.5. The average Bonchev–Trinajstić information content (AvgIpc) is 3.09. The van der Waals surface area contributed by atoms with Crippen molar-refractivity contribution < 1.29 is 17.9 Å². The van der Waals surface area contributed by atoms with Gasteiger partial charge in [-0.05, 0) is 38.8 Å². The van der Waals surface area contributed by atoms with Crippen LogP contribution in [0.25, 0.3) is 5.69 Å². The van der Waals surface area contributed by atoms with E-state index in [2.05, 4.69) is 15.6 Å². The monoisotopic (exact) mass is 421 g/mol. The number of carbonyl (C=O) groups excluding carboxylic acids is 1. The number of piperidine rings is 1. The molecule has 0 radical (unpaired) electrons. The highest BCUT2D eigenvalue weighted by molar-refractivity contribution is 7.89. The molecular weight excluding hydrogens is 394 g/mol. The van der Waals surface area contributed by atoms with Crippen LogP contribution in [0, 0.1) is 6.92 Å². The zero-order valence-electron chi connectivity index (χ0n) is 17.0. The summed E-state index contributed by atoms with van der Waals surface area (Å²) in [6, 6.07) is 7.29. The van der Waals surface area contributed by atoms with E-state index in [1.54, 1.807) is 24.4 Å². The number of ether oxygens (including phenoxy) is 1. The first-order valence-electron chi connectivity index (χ1n) is 9.68. The van der Waals surface area contributed by atoms with Gasteiger partial charge in [0, 0.05) is 19.1 Å². The van der Waals surface area contributed by atoms with Gasteiger partial charge >= 0.3 is 0 Å². The third-order valence-electron chi connectivity index (χ3n) is 5.17. The molecule has 1 aliphatic rings. The van der Waals surface area contributed by atoms with Crippen molar-refractivity contribution in [1.82, 2.24) is 24.6 Å². The molecule has 1 aromatic carbocycles. The lowest BCUT2D eigenvalue weighted by atomic mass is 10.1. The number of rotatable bonds is 7. The van der Waals surface area contributed by atoms with Crippen LogP contribution in [0.5, 0.6) is 5.75 Å². The second-order valence-electron chi connectivity index (χ2n) is 7.13. The maximum absolute atomic E-state index is 12.6. The van der Waals surface area contributed by atoms with Crippen LogP contribution >= 0.6 is 0 Å². The Morgan fingerprint density at radius 2 is 2.07 bits per heavy atom. The van der Waals surface area contributed by atoms with Crippen LogP contribution < -0.4 is 10.1 Å². The molecule has 1 N–H and O–H groups in total.